The Morgan fingerprint density at radius 3 is 2.46 bits per heavy atom. The van der Waals surface area contributed by atoms with E-state index in [1.54, 1.807) is 12.1 Å². The third kappa shape index (κ3) is 3.06. The van der Waals surface area contributed by atoms with Gasteiger partial charge in [0.2, 0.25) is 0 Å². The van der Waals surface area contributed by atoms with Crippen molar-refractivity contribution in [3.05, 3.63) is 68.9 Å². The van der Waals surface area contributed by atoms with Gasteiger partial charge in [0.25, 0.3) is 11.5 Å². The van der Waals surface area contributed by atoms with E-state index in [1.807, 2.05) is 35.2 Å². The highest BCUT2D eigenvalue weighted by atomic mass is 16.2. The van der Waals surface area contributed by atoms with Gasteiger partial charge in [-0.3, -0.25) is 14.6 Å². The molecule has 0 bridgehead atoms. The molecule has 1 aliphatic rings. The van der Waals surface area contributed by atoms with E-state index in [2.05, 4.69) is 9.97 Å². The SMILES string of the molecule is O=C(c1cccc(-c2ccc3[nH]c(=O)[nH]c(=O)c3c2)c1)N1CCCCC1. The molecular formula is C20H19N3O3. The van der Waals surface area contributed by atoms with E-state index < -0.39 is 11.2 Å². The average molecular weight is 349 g/mol. The van der Waals surface area contributed by atoms with Crippen LogP contribution in [0.4, 0.5) is 0 Å². The summed E-state index contributed by atoms with van der Waals surface area (Å²) in [5.74, 6) is 0.0505. The maximum Gasteiger partial charge on any atom is 0.326 e. The van der Waals surface area contributed by atoms with Gasteiger partial charge in [0.05, 0.1) is 10.9 Å². The van der Waals surface area contributed by atoms with Crippen molar-refractivity contribution in [3.63, 3.8) is 0 Å². The zero-order chi connectivity index (χ0) is 18.1. The Morgan fingerprint density at radius 2 is 1.65 bits per heavy atom. The molecule has 2 aromatic carbocycles. The van der Waals surface area contributed by atoms with Gasteiger partial charge in [0.15, 0.2) is 0 Å². The first-order valence-corrected chi connectivity index (χ1v) is 8.78. The third-order valence-corrected chi connectivity index (χ3v) is 4.83. The van der Waals surface area contributed by atoms with E-state index >= 15 is 0 Å². The smallest absolute Gasteiger partial charge is 0.326 e. The topological polar surface area (TPSA) is 86.0 Å². The maximum atomic E-state index is 12.7. The monoisotopic (exact) mass is 349 g/mol. The summed E-state index contributed by atoms with van der Waals surface area (Å²) in [4.78, 5) is 42.9. The first-order chi connectivity index (χ1) is 12.6. The van der Waals surface area contributed by atoms with Crippen LogP contribution in [-0.4, -0.2) is 33.9 Å². The number of carbonyl (C=O) groups excluding carboxylic acids is 1. The number of aromatic nitrogens is 2. The van der Waals surface area contributed by atoms with Gasteiger partial charge in [-0.15, -0.1) is 0 Å². The predicted molar refractivity (Wildman–Crippen MR) is 100 cm³/mol. The molecule has 26 heavy (non-hydrogen) atoms. The highest BCUT2D eigenvalue weighted by molar-refractivity contribution is 5.96. The zero-order valence-corrected chi connectivity index (χ0v) is 14.2. The fourth-order valence-corrected chi connectivity index (χ4v) is 3.46. The average Bonchev–Trinajstić information content (AvgIpc) is 2.68. The molecule has 0 radical (unpaired) electrons. The summed E-state index contributed by atoms with van der Waals surface area (Å²) < 4.78 is 0. The van der Waals surface area contributed by atoms with Gasteiger partial charge in [-0.2, -0.15) is 0 Å². The number of rotatable bonds is 2. The van der Waals surface area contributed by atoms with Crippen molar-refractivity contribution in [2.75, 3.05) is 13.1 Å². The molecule has 1 aromatic heterocycles. The Morgan fingerprint density at radius 1 is 0.885 bits per heavy atom. The molecule has 6 nitrogen and oxygen atoms in total. The maximum absolute atomic E-state index is 12.7. The number of amides is 1. The number of piperidine rings is 1. The van der Waals surface area contributed by atoms with Gasteiger partial charge < -0.3 is 9.88 Å². The third-order valence-electron chi connectivity index (χ3n) is 4.83. The summed E-state index contributed by atoms with van der Waals surface area (Å²) in [7, 11) is 0. The fraction of sp³-hybridized carbons (Fsp3) is 0.250. The van der Waals surface area contributed by atoms with Crippen molar-refractivity contribution in [2.24, 2.45) is 0 Å². The minimum atomic E-state index is -0.524. The summed E-state index contributed by atoms with van der Waals surface area (Å²) in [6.07, 6.45) is 3.28. The Labute approximate surface area is 149 Å². The second-order valence-electron chi connectivity index (χ2n) is 6.60. The number of aromatic amines is 2. The predicted octanol–water partition coefficient (Wildman–Crippen LogP) is 2.51. The molecule has 1 amide bonds. The minimum absolute atomic E-state index is 0.0505. The van der Waals surface area contributed by atoms with Crippen molar-refractivity contribution < 1.29 is 4.79 Å². The summed E-state index contributed by atoms with van der Waals surface area (Å²) in [6, 6.07) is 12.7. The lowest BCUT2D eigenvalue weighted by molar-refractivity contribution is 0.0724. The van der Waals surface area contributed by atoms with Crippen molar-refractivity contribution in [2.45, 2.75) is 19.3 Å². The number of carbonyl (C=O) groups is 1. The van der Waals surface area contributed by atoms with Gasteiger partial charge >= 0.3 is 5.69 Å². The Hall–Kier alpha value is -3.15. The molecule has 0 aliphatic carbocycles. The van der Waals surface area contributed by atoms with Gasteiger partial charge in [0, 0.05) is 18.7 Å². The Balaban J connectivity index is 1.72. The lowest BCUT2D eigenvalue weighted by Gasteiger charge is -2.26. The van der Waals surface area contributed by atoms with E-state index in [-0.39, 0.29) is 5.91 Å². The van der Waals surface area contributed by atoms with Gasteiger partial charge in [-0.05, 0) is 54.7 Å². The van der Waals surface area contributed by atoms with Crippen LogP contribution in [0.3, 0.4) is 0 Å². The van der Waals surface area contributed by atoms with Crippen LogP contribution in [0.1, 0.15) is 29.6 Å². The second-order valence-corrected chi connectivity index (χ2v) is 6.60. The quantitative estimate of drug-likeness (QED) is 0.745. The van der Waals surface area contributed by atoms with Crippen LogP contribution in [0.2, 0.25) is 0 Å². The van der Waals surface area contributed by atoms with Crippen LogP contribution in [0.15, 0.2) is 52.1 Å². The van der Waals surface area contributed by atoms with Crippen molar-refractivity contribution in [1.82, 2.24) is 14.9 Å². The first-order valence-electron chi connectivity index (χ1n) is 8.78. The summed E-state index contributed by atoms with van der Waals surface area (Å²) in [5, 5.41) is 0.412. The normalized spacial score (nSPS) is 14.5. The van der Waals surface area contributed by atoms with Crippen LogP contribution in [0.25, 0.3) is 22.0 Å². The molecule has 3 aromatic rings. The Kier molecular flexibility index (Phi) is 4.16. The molecule has 0 saturated carbocycles. The van der Waals surface area contributed by atoms with Crippen molar-refractivity contribution in [1.29, 1.82) is 0 Å². The van der Waals surface area contributed by atoms with E-state index in [0.29, 0.717) is 16.5 Å². The molecule has 0 spiro atoms. The van der Waals surface area contributed by atoms with Gasteiger partial charge in [-0.25, -0.2) is 4.79 Å². The highest BCUT2D eigenvalue weighted by Gasteiger charge is 2.18. The lowest BCUT2D eigenvalue weighted by Crippen LogP contribution is -2.35. The van der Waals surface area contributed by atoms with E-state index in [0.717, 1.165) is 37.1 Å². The number of likely N-dealkylation sites (tertiary alicyclic amines) is 1. The van der Waals surface area contributed by atoms with Crippen molar-refractivity contribution in [3.8, 4) is 11.1 Å². The number of fused-ring (bicyclic) bond motifs is 1. The molecule has 0 unspecified atom stereocenters. The molecule has 1 saturated heterocycles. The first kappa shape index (κ1) is 16.3. The Bertz CT molecular complexity index is 1090. The van der Waals surface area contributed by atoms with E-state index in [4.69, 9.17) is 0 Å². The second kappa shape index (κ2) is 6.63. The zero-order valence-electron chi connectivity index (χ0n) is 14.2. The molecule has 4 rings (SSSR count). The minimum Gasteiger partial charge on any atom is -0.339 e. The van der Waals surface area contributed by atoms with Gasteiger partial charge in [0.1, 0.15) is 0 Å². The lowest BCUT2D eigenvalue weighted by atomic mass is 10.0. The summed E-state index contributed by atoms with van der Waals surface area (Å²) >= 11 is 0. The number of hydrogen-bond acceptors (Lipinski definition) is 3. The van der Waals surface area contributed by atoms with Crippen LogP contribution >= 0.6 is 0 Å². The molecule has 0 atom stereocenters. The molecule has 2 heterocycles. The van der Waals surface area contributed by atoms with Crippen LogP contribution in [0, 0.1) is 0 Å². The highest BCUT2D eigenvalue weighted by Crippen LogP contribution is 2.24. The van der Waals surface area contributed by atoms with Crippen LogP contribution in [0.5, 0.6) is 0 Å². The summed E-state index contributed by atoms with van der Waals surface area (Å²) in [6.45, 7) is 1.61. The van der Waals surface area contributed by atoms with Crippen LogP contribution < -0.4 is 11.2 Å². The fourth-order valence-electron chi connectivity index (χ4n) is 3.46. The standard InChI is InChI=1S/C20H19N3O3/c24-18-16-12-14(7-8-17(16)21-20(26)22-18)13-5-4-6-15(11-13)19(25)23-9-2-1-3-10-23/h4-8,11-12H,1-3,9-10H2,(H2,21,22,24,26). The number of benzene rings is 2. The summed E-state index contributed by atoms with van der Waals surface area (Å²) in [5.41, 5.74) is 1.88. The molecular weight excluding hydrogens is 330 g/mol. The largest absolute Gasteiger partial charge is 0.339 e. The van der Waals surface area contributed by atoms with Gasteiger partial charge in [-0.1, -0.05) is 18.2 Å². The van der Waals surface area contributed by atoms with E-state index in [9.17, 15) is 14.4 Å². The van der Waals surface area contributed by atoms with Crippen LogP contribution in [-0.2, 0) is 0 Å². The van der Waals surface area contributed by atoms with E-state index in [1.165, 1.54) is 6.42 Å². The molecule has 2 N–H and O–H groups in total. The van der Waals surface area contributed by atoms with Crippen molar-refractivity contribution >= 4 is 16.8 Å². The number of hydrogen-bond donors (Lipinski definition) is 2. The number of nitrogens with zero attached hydrogens (tertiary/aromatic N) is 1. The molecule has 132 valence electrons. The number of nitrogens with one attached hydrogen (secondary N) is 2. The number of H-pyrrole nitrogens is 2. The molecule has 1 aliphatic heterocycles. The molecule has 1 fully saturated rings. The molecule has 6 heteroatoms.